The topological polar surface area (TPSA) is 76.2 Å². The lowest BCUT2D eigenvalue weighted by Gasteiger charge is -2.55. The van der Waals surface area contributed by atoms with Crippen molar-refractivity contribution in [3.05, 3.63) is 81.5 Å². The molecule has 2 aromatic carbocycles. The van der Waals surface area contributed by atoms with E-state index in [2.05, 4.69) is 12.2 Å². The Morgan fingerprint density at radius 1 is 1.08 bits per heavy atom. The number of carbonyl (C=O) groups excluding carboxylic acids is 3. The maximum Gasteiger partial charge on any atom is 0.338 e. The Morgan fingerprint density at radius 2 is 1.82 bits per heavy atom. The van der Waals surface area contributed by atoms with Gasteiger partial charge in [-0.25, -0.2) is 9.80 Å². The fraction of sp³-hybridized carbons (Fsp3) is 0.414. The molecule has 2 aromatic rings. The van der Waals surface area contributed by atoms with Crippen LogP contribution in [0.2, 0.25) is 10.0 Å². The zero-order chi connectivity index (χ0) is 28.1. The summed E-state index contributed by atoms with van der Waals surface area (Å²) < 4.78 is 0. The van der Waals surface area contributed by atoms with Gasteiger partial charge in [-0.15, -0.1) is 0 Å². The fourth-order valence-corrected chi connectivity index (χ4v) is 5.42. The lowest BCUT2D eigenvalue weighted by molar-refractivity contribution is -0.186. The number of carbonyl (C=O) groups is 3. The van der Waals surface area contributed by atoms with Crippen LogP contribution in [0.4, 0.5) is 4.79 Å². The van der Waals surface area contributed by atoms with Gasteiger partial charge in [-0.2, -0.15) is 0 Å². The van der Waals surface area contributed by atoms with E-state index in [1.807, 2.05) is 56.3 Å². The summed E-state index contributed by atoms with van der Waals surface area (Å²) in [6.07, 6.45) is 3.40. The van der Waals surface area contributed by atoms with Gasteiger partial charge < -0.3 is 15.1 Å². The normalized spacial score (nSPS) is 19.9. The molecule has 2 heterocycles. The van der Waals surface area contributed by atoms with Crippen LogP contribution in [-0.2, 0) is 22.7 Å². The van der Waals surface area contributed by atoms with Crippen molar-refractivity contribution in [1.82, 2.24) is 25.1 Å². The van der Waals surface area contributed by atoms with Crippen molar-refractivity contribution in [2.75, 3.05) is 13.1 Å². The number of piperazine rings is 1. The summed E-state index contributed by atoms with van der Waals surface area (Å²) in [5.74, 6) is -0.295. The fourth-order valence-electron chi connectivity index (χ4n) is 5.10. The number of hydrogen-bond donors (Lipinski definition) is 1. The third kappa shape index (κ3) is 6.34. The van der Waals surface area contributed by atoms with Crippen molar-refractivity contribution in [1.29, 1.82) is 0 Å². The Bertz CT molecular complexity index is 1240. The van der Waals surface area contributed by atoms with Crippen LogP contribution in [0.1, 0.15) is 51.2 Å². The molecular formula is C29H35Cl2N5O3. The molecule has 0 bridgehead atoms. The Balaban J connectivity index is 1.69. The van der Waals surface area contributed by atoms with Crippen LogP contribution in [0.3, 0.4) is 0 Å². The third-order valence-corrected chi connectivity index (χ3v) is 8.00. The van der Waals surface area contributed by atoms with Crippen molar-refractivity contribution >= 4 is 41.0 Å². The van der Waals surface area contributed by atoms with Gasteiger partial charge in [0.2, 0.25) is 11.8 Å². The maximum atomic E-state index is 13.8. The Kier molecular flexibility index (Phi) is 9.40. The SMILES string of the molecule is C/C=C(\C)N1CC(=O)N2[C@@H](CCCC)C(=O)N(Cc3ccc(Cl)c(Cl)c3)C[C@@H]2N1C(=O)NCc1ccccc1. The van der Waals surface area contributed by atoms with Gasteiger partial charge in [0, 0.05) is 18.8 Å². The van der Waals surface area contributed by atoms with E-state index >= 15 is 0 Å². The molecule has 4 rings (SSSR count). The maximum absolute atomic E-state index is 13.8. The van der Waals surface area contributed by atoms with Crippen LogP contribution in [0.15, 0.2) is 60.3 Å². The highest BCUT2D eigenvalue weighted by atomic mass is 35.5. The number of hydrogen-bond acceptors (Lipinski definition) is 4. The van der Waals surface area contributed by atoms with Crippen LogP contribution >= 0.6 is 23.2 Å². The molecule has 0 aliphatic carbocycles. The average molecular weight is 573 g/mol. The monoisotopic (exact) mass is 571 g/mol. The van der Waals surface area contributed by atoms with E-state index in [4.69, 9.17) is 23.2 Å². The van der Waals surface area contributed by atoms with Crippen molar-refractivity contribution in [2.24, 2.45) is 0 Å². The van der Waals surface area contributed by atoms with E-state index in [-0.39, 0.29) is 30.9 Å². The molecule has 2 fully saturated rings. The van der Waals surface area contributed by atoms with Crippen LogP contribution in [-0.4, -0.2) is 63.0 Å². The number of unbranched alkanes of at least 4 members (excludes halogenated alkanes) is 1. The molecule has 0 unspecified atom stereocenters. The predicted octanol–water partition coefficient (Wildman–Crippen LogP) is 5.42. The molecule has 0 aromatic heterocycles. The Morgan fingerprint density at radius 3 is 2.49 bits per heavy atom. The summed E-state index contributed by atoms with van der Waals surface area (Å²) in [6, 6.07) is 14.0. The Labute approximate surface area is 240 Å². The molecule has 10 heteroatoms. The van der Waals surface area contributed by atoms with E-state index in [9.17, 15) is 14.4 Å². The number of nitrogens with one attached hydrogen (secondary N) is 1. The molecule has 2 atom stereocenters. The Hall–Kier alpha value is -3.23. The van der Waals surface area contributed by atoms with Crippen LogP contribution < -0.4 is 5.32 Å². The number of halogens is 2. The molecule has 4 amide bonds. The average Bonchev–Trinajstić information content (AvgIpc) is 2.93. The largest absolute Gasteiger partial charge is 0.338 e. The van der Waals surface area contributed by atoms with E-state index in [0.717, 1.165) is 29.7 Å². The second-order valence-electron chi connectivity index (χ2n) is 9.88. The van der Waals surface area contributed by atoms with Gasteiger partial charge in [0.1, 0.15) is 18.8 Å². The second kappa shape index (κ2) is 12.7. The van der Waals surface area contributed by atoms with E-state index < -0.39 is 12.2 Å². The first-order chi connectivity index (χ1) is 18.7. The summed E-state index contributed by atoms with van der Waals surface area (Å²) in [5.41, 5.74) is 2.56. The lowest BCUT2D eigenvalue weighted by atomic mass is 10.0. The molecule has 39 heavy (non-hydrogen) atoms. The van der Waals surface area contributed by atoms with Crippen molar-refractivity contribution < 1.29 is 14.4 Å². The van der Waals surface area contributed by atoms with E-state index in [0.29, 0.717) is 29.6 Å². The zero-order valence-corrected chi connectivity index (χ0v) is 24.1. The van der Waals surface area contributed by atoms with E-state index in [1.54, 1.807) is 32.0 Å². The van der Waals surface area contributed by atoms with Crippen molar-refractivity contribution in [3.8, 4) is 0 Å². The first kappa shape index (κ1) is 28.8. The molecule has 2 aliphatic rings. The van der Waals surface area contributed by atoms with Gasteiger partial charge >= 0.3 is 6.03 Å². The van der Waals surface area contributed by atoms with Crippen LogP contribution in [0, 0.1) is 0 Å². The number of nitrogens with zero attached hydrogens (tertiary/aromatic N) is 4. The molecule has 0 radical (unpaired) electrons. The third-order valence-electron chi connectivity index (χ3n) is 7.26. The highest BCUT2D eigenvalue weighted by Crippen LogP contribution is 2.32. The lowest BCUT2D eigenvalue weighted by Crippen LogP contribution is -2.76. The second-order valence-corrected chi connectivity index (χ2v) is 10.7. The zero-order valence-electron chi connectivity index (χ0n) is 22.6. The molecule has 1 N–H and O–H groups in total. The number of rotatable bonds is 8. The minimum absolute atomic E-state index is 0.0197. The molecule has 208 valence electrons. The first-order valence-corrected chi connectivity index (χ1v) is 14.1. The van der Waals surface area contributed by atoms with Gasteiger partial charge in [-0.3, -0.25) is 14.6 Å². The predicted molar refractivity (Wildman–Crippen MR) is 152 cm³/mol. The number of benzene rings is 2. The molecule has 0 spiro atoms. The van der Waals surface area contributed by atoms with Gasteiger partial charge in [0.25, 0.3) is 0 Å². The highest BCUT2D eigenvalue weighted by molar-refractivity contribution is 6.42. The number of fused-ring (bicyclic) bond motifs is 1. The quantitative estimate of drug-likeness (QED) is 0.459. The minimum Gasteiger partial charge on any atom is -0.333 e. The number of amides is 4. The highest BCUT2D eigenvalue weighted by Gasteiger charge is 2.51. The summed E-state index contributed by atoms with van der Waals surface area (Å²) in [4.78, 5) is 44.5. The van der Waals surface area contributed by atoms with Crippen LogP contribution in [0.5, 0.6) is 0 Å². The van der Waals surface area contributed by atoms with Crippen molar-refractivity contribution in [3.63, 3.8) is 0 Å². The molecule has 2 aliphatic heterocycles. The summed E-state index contributed by atoms with van der Waals surface area (Å²) in [7, 11) is 0. The molecule has 0 saturated carbocycles. The van der Waals surface area contributed by atoms with Crippen molar-refractivity contribution in [2.45, 2.75) is 65.3 Å². The van der Waals surface area contributed by atoms with E-state index in [1.165, 1.54) is 0 Å². The first-order valence-electron chi connectivity index (χ1n) is 13.3. The summed E-state index contributed by atoms with van der Waals surface area (Å²) in [6.45, 7) is 6.57. The van der Waals surface area contributed by atoms with Gasteiger partial charge in [0.15, 0.2) is 0 Å². The standard InChI is InChI=1S/C29H35Cl2N5O3/c1-4-6-12-25-28(38)33(17-22-13-14-23(30)24(31)15-22)18-26-35(25)27(37)19-34(20(3)5-2)36(26)29(39)32-16-21-10-8-7-9-11-21/h5,7-11,13-15,25-26H,4,6,12,16-19H2,1-3H3,(H,32,39)/b20-5+/t25-,26-/m0/s1. The number of hydrazine groups is 1. The molecule has 2 saturated heterocycles. The summed E-state index contributed by atoms with van der Waals surface area (Å²) >= 11 is 12.4. The number of allylic oxidation sites excluding steroid dienone is 2. The van der Waals surface area contributed by atoms with Crippen LogP contribution in [0.25, 0.3) is 0 Å². The van der Waals surface area contributed by atoms with Gasteiger partial charge in [-0.05, 0) is 43.5 Å². The summed E-state index contributed by atoms with van der Waals surface area (Å²) in [5, 5.41) is 7.19. The smallest absolute Gasteiger partial charge is 0.333 e. The number of urea groups is 1. The molecule has 8 nitrogen and oxygen atoms in total. The van der Waals surface area contributed by atoms with Gasteiger partial charge in [0.05, 0.1) is 16.6 Å². The molecular weight excluding hydrogens is 537 g/mol. The van der Waals surface area contributed by atoms with Gasteiger partial charge in [-0.1, -0.05) is 85.4 Å². The minimum atomic E-state index is -0.667.